The molecule has 1 N–H and O–H groups in total. The van der Waals surface area contributed by atoms with E-state index >= 15 is 0 Å². The second-order valence-corrected chi connectivity index (χ2v) is 3.97. The van der Waals surface area contributed by atoms with E-state index in [2.05, 4.69) is 0 Å². The van der Waals surface area contributed by atoms with Crippen LogP contribution in [0.15, 0.2) is 24.3 Å². The van der Waals surface area contributed by atoms with Crippen LogP contribution < -0.4 is 0 Å². The fourth-order valence-corrected chi connectivity index (χ4v) is 1.45. The van der Waals surface area contributed by atoms with Crippen molar-refractivity contribution in [2.75, 3.05) is 7.05 Å². The van der Waals surface area contributed by atoms with E-state index < -0.39 is 12.0 Å². The Morgan fingerprint density at radius 1 is 1.50 bits per heavy atom. The van der Waals surface area contributed by atoms with E-state index in [4.69, 9.17) is 10.4 Å². The lowest BCUT2D eigenvalue weighted by Gasteiger charge is -2.21. The van der Waals surface area contributed by atoms with Gasteiger partial charge in [0.05, 0.1) is 12.5 Å². The Labute approximate surface area is 105 Å². The molecule has 0 aliphatic heterocycles. The number of carbonyl (C=O) groups excluding carboxylic acids is 1. The number of aliphatic carboxylic acids is 1. The summed E-state index contributed by atoms with van der Waals surface area (Å²) in [5.74, 6) is -1.43. The van der Waals surface area contributed by atoms with Gasteiger partial charge in [0.15, 0.2) is 0 Å². The number of hydrogen-bond donors (Lipinski definition) is 1. The maximum absolute atomic E-state index is 12.0. The van der Waals surface area contributed by atoms with Crippen molar-refractivity contribution in [2.45, 2.75) is 19.4 Å². The van der Waals surface area contributed by atoms with Crippen molar-refractivity contribution >= 4 is 11.9 Å². The van der Waals surface area contributed by atoms with E-state index in [9.17, 15) is 9.59 Å². The molecule has 1 aromatic rings. The summed E-state index contributed by atoms with van der Waals surface area (Å²) in [5.41, 5.74) is 1.12. The summed E-state index contributed by atoms with van der Waals surface area (Å²) in [6.45, 7) is 1.44. The first kappa shape index (κ1) is 13.7. The van der Waals surface area contributed by atoms with Gasteiger partial charge < -0.3 is 10.0 Å². The first-order chi connectivity index (χ1) is 8.47. The third-order valence-electron chi connectivity index (χ3n) is 2.72. The molecule has 0 fully saturated rings. The third-order valence-corrected chi connectivity index (χ3v) is 2.72. The minimum atomic E-state index is -1.06. The summed E-state index contributed by atoms with van der Waals surface area (Å²) in [7, 11) is 1.44. The maximum Gasteiger partial charge on any atom is 0.326 e. The molecule has 18 heavy (non-hydrogen) atoms. The highest BCUT2D eigenvalue weighted by Gasteiger charge is 2.22. The first-order valence-electron chi connectivity index (χ1n) is 5.43. The van der Waals surface area contributed by atoms with Crippen molar-refractivity contribution in [3.05, 3.63) is 35.4 Å². The highest BCUT2D eigenvalue weighted by atomic mass is 16.4. The monoisotopic (exact) mass is 246 g/mol. The summed E-state index contributed by atoms with van der Waals surface area (Å²) in [6.07, 6.45) is 0.222. The number of carboxylic acids is 1. The Hall–Kier alpha value is -2.35. The average Bonchev–Trinajstić information content (AvgIpc) is 2.36. The van der Waals surface area contributed by atoms with Crippen LogP contribution >= 0.6 is 0 Å². The Morgan fingerprint density at radius 3 is 2.72 bits per heavy atom. The summed E-state index contributed by atoms with van der Waals surface area (Å²) in [6, 6.07) is 7.75. The van der Waals surface area contributed by atoms with Gasteiger partial charge in [0, 0.05) is 12.6 Å². The van der Waals surface area contributed by atoms with E-state index in [0.717, 1.165) is 10.5 Å². The number of carbonyl (C=O) groups is 2. The highest BCUT2D eigenvalue weighted by molar-refractivity contribution is 5.96. The number of likely N-dealkylation sites (N-methyl/N-ethyl adjacent to an activating group) is 1. The molecule has 0 radical (unpaired) electrons. The van der Waals surface area contributed by atoms with Gasteiger partial charge >= 0.3 is 5.97 Å². The quantitative estimate of drug-likeness (QED) is 0.868. The lowest BCUT2D eigenvalue weighted by molar-refractivity contribution is -0.141. The molecule has 5 nitrogen and oxygen atoms in total. The van der Waals surface area contributed by atoms with Gasteiger partial charge in [-0.1, -0.05) is 12.1 Å². The fourth-order valence-electron chi connectivity index (χ4n) is 1.45. The summed E-state index contributed by atoms with van der Waals surface area (Å²) < 4.78 is 0. The molecule has 0 aliphatic rings. The van der Waals surface area contributed by atoms with Crippen LogP contribution in [0.1, 0.15) is 22.8 Å². The predicted octanol–water partition coefficient (Wildman–Crippen LogP) is 1.30. The number of nitriles is 1. The fraction of sp³-hybridized carbons (Fsp3) is 0.308. The van der Waals surface area contributed by atoms with Gasteiger partial charge in [-0.3, -0.25) is 4.79 Å². The minimum Gasteiger partial charge on any atom is -0.480 e. The van der Waals surface area contributed by atoms with Crippen LogP contribution in [-0.4, -0.2) is 35.0 Å². The smallest absolute Gasteiger partial charge is 0.326 e. The number of amides is 1. The molecule has 0 bridgehead atoms. The number of hydrogen-bond acceptors (Lipinski definition) is 3. The van der Waals surface area contributed by atoms with Gasteiger partial charge in [-0.05, 0) is 24.6 Å². The SMILES string of the molecule is CC(C(=O)O)N(C)C(=O)c1cccc(CC#N)c1. The molecule has 1 amide bonds. The second-order valence-electron chi connectivity index (χ2n) is 3.97. The van der Waals surface area contributed by atoms with Crippen molar-refractivity contribution in [2.24, 2.45) is 0 Å². The molecule has 5 heteroatoms. The van der Waals surface area contributed by atoms with Crippen LogP contribution in [0.25, 0.3) is 0 Å². The van der Waals surface area contributed by atoms with Crippen LogP contribution in [0.3, 0.4) is 0 Å². The topological polar surface area (TPSA) is 81.4 Å². The molecule has 0 saturated heterocycles. The van der Waals surface area contributed by atoms with Gasteiger partial charge in [0.2, 0.25) is 0 Å². The molecule has 1 aromatic carbocycles. The number of carboxylic acid groups (broad SMARTS) is 1. The predicted molar refractivity (Wildman–Crippen MR) is 65.0 cm³/mol. The van der Waals surface area contributed by atoms with E-state index in [0.29, 0.717) is 5.56 Å². The molecule has 1 atom stereocenters. The molecule has 0 spiro atoms. The zero-order valence-corrected chi connectivity index (χ0v) is 10.3. The molecular formula is C13H14N2O3. The zero-order valence-electron chi connectivity index (χ0n) is 10.3. The Bertz CT molecular complexity index is 505. The molecule has 1 unspecified atom stereocenters. The van der Waals surface area contributed by atoms with Crippen LogP contribution in [0.2, 0.25) is 0 Å². The van der Waals surface area contributed by atoms with Crippen LogP contribution in [-0.2, 0) is 11.2 Å². The molecule has 94 valence electrons. The summed E-state index contributed by atoms with van der Waals surface area (Å²) in [5, 5.41) is 17.4. The van der Waals surface area contributed by atoms with Crippen LogP contribution in [0.5, 0.6) is 0 Å². The normalized spacial score (nSPS) is 11.4. The molecule has 0 aliphatic carbocycles. The van der Waals surface area contributed by atoms with E-state index in [1.54, 1.807) is 24.3 Å². The van der Waals surface area contributed by atoms with Gasteiger partial charge in [-0.2, -0.15) is 5.26 Å². The molecule has 0 aromatic heterocycles. The molecule has 0 saturated carbocycles. The minimum absolute atomic E-state index is 0.222. The standard InChI is InChI=1S/C13H14N2O3/c1-9(13(17)18)15(2)12(16)11-5-3-4-10(8-11)6-7-14/h3-5,8-9H,6H2,1-2H3,(H,17,18). The van der Waals surface area contributed by atoms with Crippen molar-refractivity contribution in [3.8, 4) is 6.07 Å². The van der Waals surface area contributed by atoms with E-state index in [1.165, 1.54) is 14.0 Å². The van der Waals surface area contributed by atoms with E-state index in [-0.39, 0.29) is 12.3 Å². The number of rotatable bonds is 4. The number of nitrogens with zero attached hydrogens (tertiary/aromatic N) is 2. The Balaban J connectivity index is 2.93. The lowest BCUT2D eigenvalue weighted by atomic mass is 10.1. The van der Waals surface area contributed by atoms with Gasteiger partial charge in [-0.15, -0.1) is 0 Å². The molecule has 1 rings (SSSR count). The molecular weight excluding hydrogens is 232 g/mol. The number of benzene rings is 1. The largest absolute Gasteiger partial charge is 0.480 e. The average molecular weight is 246 g/mol. The van der Waals surface area contributed by atoms with Gasteiger partial charge in [0.1, 0.15) is 6.04 Å². The van der Waals surface area contributed by atoms with E-state index in [1.807, 2.05) is 6.07 Å². The maximum atomic E-state index is 12.0. The molecule has 0 heterocycles. The van der Waals surface area contributed by atoms with Crippen molar-refractivity contribution in [1.82, 2.24) is 4.90 Å². The Morgan fingerprint density at radius 2 is 2.17 bits per heavy atom. The van der Waals surface area contributed by atoms with Crippen molar-refractivity contribution < 1.29 is 14.7 Å². The summed E-state index contributed by atoms with van der Waals surface area (Å²) in [4.78, 5) is 24.0. The van der Waals surface area contributed by atoms with Gasteiger partial charge in [-0.25, -0.2) is 4.79 Å². The van der Waals surface area contributed by atoms with Crippen molar-refractivity contribution in [1.29, 1.82) is 5.26 Å². The highest BCUT2D eigenvalue weighted by Crippen LogP contribution is 2.10. The zero-order chi connectivity index (χ0) is 13.7. The van der Waals surface area contributed by atoms with Crippen LogP contribution in [0.4, 0.5) is 0 Å². The second kappa shape index (κ2) is 5.82. The summed E-state index contributed by atoms with van der Waals surface area (Å²) >= 11 is 0. The lowest BCUT2D eigenvalue weighted by Crippen LogP contribution is -2.40. The van der Waals surface area contributed by atoms with Crippen LogP contribution in [0, 0.1) is 11.3 Å². The Kier molecular flexibility index (Phi) is 4.44. The first-order valence-corrected chi connectivity index (χ1v) is 5.43. The van der Waals surface area contributed by atoms with Gasteiger partial charge in [0.25, 0.3) is 5.91 Å². The van der Waals surface area contributed by atoms with Crippen molar-refractivity contribution in [3.63, 3.8) is 0 Å². The third kappa shape index (κ3) is 3.08.